The van der Waals surface area contributed by atoms with Crippen LogP contribution in [0.15, 0.2) is 18.3 Å². The molecule has 1 aliphatic heterocycles. The van der Waals surface area contributed by atoms with Crippen LogP contribution in [0.1, 0.15) is 17.4 Å². The summed E-state index contributed by atoms with van der Waals surface area (Å²) in [6.07, 6.45) is 1.78. The molecule has 6 heteroatoms. The Hall–Kier alpha value is -1.66. The van der Waals surface area contributed by atoms with Crippen molar-refractivity contribution in [3.05, 3.63) is 24.0 Å². The van der Waals surface area contributed by atoms with Crippen LogP contribution in [-0.4, -0.2) is 49.8 Å². The normalized spacial score (nSPS) is 22.2. The van der Waals surface area contributed by atoms with Crippen molar-refractivity contribution in [3.8, 4) is 0 Å². The molecule has 2 atom stereocenters. The molecule has 3 N–H and O–H groups in total. The standard InChI is InChI=1S/C13H20N4O2/c1-3-15-13(18)10-6-9(4-5-16-10)17-11-7-14-8-12(11)19-2/h4-6,11-12,14H,3,7-8H2,1-2H3,(H,15,18)(H,16,17)/t11?,12-/m0/s1. The van der Waals surface area contributed by atoms with Gasteiger partial charge in [-0.15, -0.1) is 0 Å². The van der Waals surface area contributed by atoms with E-state index in [9.17, 15) is 4.79 Å². The van der Waals surface area contributed by atoms with Crippen LogP contribution >= 0.6 is 0 Å². The Kier molecular flexibility index (Phi) is 4.70. The lowest BCUT2D eigenvalue weighted by molar-refractivity contribution is 0.0951. The zero-order valence-electron chi connectivity index (χ0n) is 11.3. The summed E-state index contributed by atoms with van der Waals surface area (Å²) in [5.74, 6) is -0.154. The van der Waals surface area contributed by atoms with E-state index >= 15 is 0 Å². The number of amides is 1. The van der Waals surface area contributed by atoms with Gasteiger partial charge in [0.25, 0.3) is 5.91 Å². The first-order chi connectivity index (χ1) is 9.24. The number of anilines is 1. The Bertz CT molecular complexity index is 438. The Labute approximate surface area is 112 Å². The minimum Gasteiger partial charge on any atom is -0.378 e. The summed E-state index contributed by atoms with van der Waals surface area (Å²) in [6.45, 7) is 4.16. The average Bonchev–Trinajstić information content (AvgIpc) is 2.86. The number of carbonyl (C=O) groups is 1. The van der Waals surface area contributed by atoms with Gasteiger partial charge in [-0.1, -0.05) is 0 Å². The number of rotatable bonds is 5. The molecule has 6 nitrogen and oxygen atoms in total. The van der Waals surface area contributed by atoms with Gasteiger partial charge in [0.15, 0.2) is 0 Å². The highest BCUT2D eigenvalue weighted by molar-refractivity contribution is 5.93. The van der Waals surface area contributed by atoms with Gasteiger partial charge < -0.3 is 20.7 Å². The molecule has 1 aliphatic rings. The number of ether oxygens (including phenoxy) is 1. The van der Waals surface area contributed by atoms with Gasteiger partial charge in [0.2, 0.25) is 0 Å². The highest BCUT2D eigenvalue weighted by Gasteiger charge is 2.26. The number of hydrogen-bond acceptors (Lipinski definition) is 5. The van der Waals surface area contributed by atoms with Crippen molar-refractivity contribution in [3.63, 3.8) is 0 Å². The van der Waals surface area contributed by atoms with Crippen LogP contribution in [0.2, 0.25) is 0 Å². The second kappa shape index (κ2) is 6.49. The zero-order chi connectivity index (χ0) is 13.7. The summed E-state index contributed by atoms with van der Waals surface area (Å²) in [5.41, 5.74) is 1.30. The third-order valence-corrected chi connectivity index (χ3v) is 3.14. The Morgan fingerprint density at radius 2 is 2.42 bits per heavy atom. The van der Waals surface area contributed by atoms with Gasteiger partial charge in [0, 0.05) is 38.6 Å². The highest BCUT2D eigenvalue weighted by atomic mass is 16.5. The van der Waals surface area contributed by atoms with Crippen molar-refractivity contribution in [2.24, 2.45) is 0 Å². The van der Waals surface area contributed by atoms with Crippen molar-refractivity contribution >= 4 is 11.6 Å². The molecule has 0 aromatic carbocycles. The molecule has 104 valence electrons. The maximum Gasteiger partial charge on any atom is 0.269 e. The number of pyridine rings is 1. The molecule has 1 saturated heterocycles. The molecule has 1 unspecified atom stereocenters. The molecule has 0 aliphatic carbocycles. The number of nitrogens with zero attached hydrogens (tertiary/aromatic N) is 1. The molecule has 19 heavy (non-hydrogen) atoms. The fourth-order valence-electron chi connectivity index (χ4n) is 2.16. The monoisotopic (exact) mass is 264 g/mol. The summed E-state index contributed by atoms with van der Waals surface area (Å²) in [5, 5.41) is 9.38. The van der Waals surface area contributed by atoms with Crippen molar-refractivity contribution in [2.75, 3.05) is 32.1 Å². The topological polar surface area (TPSA) is 75.3 Å². The lowest BCUT2D eigenvalue weighted by Gasteiger charge is -2.19. The molecule has 1 aromatic heterocycles. The Morgan fingerprint density at radius 3 is 3.16 bits per heavy atom. The molecular formula is C13H20N4O2. The number of aromatic nitrogens is 1. The Morgan fingerprint density at radius 1 is 1.58 bits per heavy atom. The molecule has 0 saturated carbocycles. The van der Waals surface area contributed by atoms with Gasteiger partial charge in [-0.25, -0.2) is 0 Å². The van der Waals surface area contributed by atoms with Crippen LogP contribution in [-0.2, 0) is 4.74 Å². The molecular weight excluding hydrogens is 244 g/mol. The van der Waals surface area contributed by atoms with Gasteiger partial charge in [0.1, 0.15) is 5.69 Å². The van der Waals surface area contributed by atoms with E-state index in [1.807, 2.05) is 13.0 Å². The van der Waals surface area contributed by atoms with Gasteiger partial charge in [0.05, 0.1) is 12.1 Å². The highest BCUT2D eigenvalue weighted by Crippen LogP contribution is 2.14. The minimum absolute atomic E-state index is 0.140. The molecule has 1 fully saturated rings. The van der Waals surface area contributed by atoms with Crippen LogP contribution in [0.4, 0.5) is 5.69 Å². The van der Waals surface area contributed by atoms with Gasteiger partial charge >= 0.3 is 0 Å². The fraction of sp³-hybridized carbons (Fsp3) is 0.538. The number of carbonyl (C=O) groups excluding carboxylic acids is 1. The third-order valence-electron chi connectivity index (χ3n) is 3.14. The number of methoxy groups -OCH3 is 1. The molecule has 0 spiro atoms. The quantitative estimate of drug-likeness (QED) is 0.710. The van der Waals surface area contributed by atoms with E-state index in [0.29, 0.717) is 12.2 Å². The summed E-state index contributed by atoms with van der Waals surface area (Å²) >= 11 is 0. The second-order valence-corrected chi connectivity index (χ2v) is 4.47. The van der Waals surface area contributed by atoms with Crippen molar-refractivity contribution < 1.29 is 9.53 Å². The zero-order valence-corrected chi connectivity index (χ0v) is 11.3. The average molecular weight is 264 g/mol. The first kappa shape index (κ1) is 13.8. The van der Waals surface area contributed by atoms with E-state index in [1.165, 1.54) is 0 Å². The Balaban J connectivity index is 2.04. The predicted octanol–water partition coefficient (Wildman–Crippen LogP) is 0.230. The fourth-order valence-corrected chi connectivity index (χ4v) is 2.16. The maximum atomic E-state index is 11.7. The predicted molar refractivity (Wildman–Crippen MR) is 73.3 cm³/mol. The first-order valence-corrected chi connectivity index (χ1v) is 6.49. The van der Waals surface area contributed by atoms with Crippen molar-refractivity contribution in [2.45, 2.75) is 19.1 Å². The summed E-state index contributed by atoms with van der Waals surface area (Å²) in [4.78, 5) is 15.8. The van der Waals surface area contributed by atoms with Crippen molar-refractivity contribution in [1.29, 1.82) is 0 Å². The lowest BCUT2D eigenvalue weighted by atomic mass is 10.2. The third kappa shape index (κ3) is 3.42. The SMILES string of the molecule is CCNC(=O)c1cc(NC2CNC[C@@H]2OC)ccn1. The molecule has 0 radical (unpaired) electrons. The van der Waals surface area contributed by atoms with E-state index in [0.717, 1.165) is 18.8 Å². The summed E-state index contributed by atoms with van der Waals surface area (Å²) in [6, 6.07) is 3.82. The molecule has 2 rings (SSSR count). The smallest absolute Gasteiger partial charge is 0.269 e. The van der Waals surface area contributed by atoms with E-state index < -0.39 is 0 Å². The van der Waals surface area contributed by atoms with Gasteiger partial charge in [-0.3, -0.25) is 9.78 Å². The van der Waals surface area contributed by atoms with E-state index in [4.69, 9.17) is 4.74 Å². The second-order valence-electron chi connectivity index (χ2n) is 4.47. The van der Waals surface area contributed by atoms with Gasteiger partial charge in [-0.05, 0) is 19.1 Å². The van der Waals surface area contributed by atoms with Crippen LogP contribution in [0.25, 0.3) is 0 Å². The molecule has 0 bridgehead atoms. The minimum atomic E-state index is -0.154. The summed E-state index contributed by atoms with van der Waals surface area (Å²) in [7, 11) is 1.71. The summed E-state index contributed by atoms with van der Waals surface area (Å²) < 4.78 is 5.39. The first-order valence-electron chi connectivity index (χ1n) is 6.49. The van der Waals surface area contributed by atoms with Crippen LogP contribution < -0.4 is 16.0 Å². The van der Waals surface area contributed by atoms with Crippen LogP contribution in [0.3, 0.4) is 0 Å². The van der Waals surface area contributed by atoms with E-state index in [2.05, 4.69) is 20.9 Å². The lowest BCUT2D eigenvalue weighted by Crippen LogP contribution is -2.33. The molecule has 1 aromatic rings. The maximum absolute atomic E-state index is 11.7. The van der Waals surface area contributed by atoms with E-state index in [-0.39, 0.29) is 18.1 Å². The van der Waals surface area contributed by atoms with Crippen LogP contribution in [0.5, 0.6) is 0 Å². The van der Waals surface area contributed by atoms with E-state index in [1.54, 1.807) is 19.4 Å². The van der Waals surface area contributed by atoms with Gasteiger partial charge in [-0.2, -0.15) is 0 Å². The van der Waals surface area contributed by atoms with Crippen LogP contribution in [0, 0.1) is 0 Å². The number of nitrogens with one attached hydrogen (secondary N) is 3. The number of hydrogen-bond donors (Lipinski definition) is 3. The van der Waals surface area contributed by atoms with Crippen molar-refractivity contribution in [1.82, 2.24) is 15.6 Å². The largest absolute Gasteiger partial charge is 0.378 e. The molecule has 1 amide bonds. The molecule has 2 heterocycles.